The first-order chi connectivity index (χ1) is 16.0. The van der Waals surface area contributed by atoms with Crippen molar-refractivity contribution in [1.82, 2.24) is 14.5 Å². The van der Waals surface area contributed by atoms with Gasteiger partial charge in [0, 0.05) is 24.1 Å². The maximum atomic E-state index is 13.3. The van der Waals surface area contributed by atoms with Gasteiger partial charge in [-0.15, -0.1) is 0 Å². The third-order valence-corrected chi connectivity index (χ3v) is 5.87. The van der Waals surface area contributed by atoms with E-state index in [1.54, 1.807) is 0 Å². The molecule has 0 saturated carbocycles. The van der Waals surface area contributed by atoms with Gasteiger partial charge in [-0.25, -0.2) is 18.4 Å². The highest BCUT2D eigenvalue weighted by Gasteiger charge is 2.35. The normalized spacial score (nSPS) is 12.0. The fourth-order valence-electron chi connectivity index (χ4n) is 3.32. The van der Waals surface area contributed by atoms with Gasteiger partial charge in [0.05, 0.1) is 12.2 Å². The van der Waals surface area contributed by atoms with E-state index in [0.717, 1.165) is 22.9 Å². The Hall–Kier alpha value is -3.79. The Morgan fingerprint density at radius 2 is 1.47 bits per heavy atom. The van der Waals surface area contributed by atoms with E-state index in [1.165, 1.54) is 22.9 Å². The predicted molar refractivity (Wildman–Crippen MR) is 121 cm³/mol. The van der Waals surface area contributed by atoms with E-state index in [-0.39, 0.29) is 23.4 Å². The second-order valence-electron chi connectivity index (χ2n) is 7.64. The fraction of sp³-hybridized carbons (Fsp3) is 0.125. The molecule has 0 aliphatic rings. The molecule has 174 valence electrons. The molecule has 0 fully saturated rings. The molecule has 34 heavy (non-hydrogen) atoms. The van der Waals surface area contributed by atoms with Crippen LogP contribution in [0.4, 0.5) is 13.2 Å². The first-order valence-corrected chi connectivity index (χ1v) is 11.9. The predicted octanol–water partition coefficient (Wildman–Crippen LogP) is 4.44. The van der Waals surface area contributed by atoms with Gasteiger partial charge in [0.1, 0.15) is 5.69 Å². The summed E-state index contributed by atoms with van der Waals surface area (Å²) in [6.07, 6.45) is -2.79. The summed E-state index contributed by atoms with van der Waals surface area (Å²) in [5.74, 6) is 0. The Kier molecular flexibility index (Phi) is 6.09. The monoisotopic (exact) mass is 485 g/mol. The Balaban J connectivity index is 1.70. The molecule has 0 spiro atoms. The van der Waals surface area contributed by atoms with Crippen molar-refractivity contribution in [3.05, 3.63) is 101 Å². The van der Waals surface area contributed by atoms with Crippen LogP contribution in [-0.4, -0.2) is 29.2 Å². The number of halogens is 3. The molecule has 10 heteroatoms. The van der Waals surface area contributed by atoms with Gasteiger partial charge >= 0.3 is 6.18 Å². The summed E-state index contributed by atoms with van der Waals surface area (Å²) in [5, 5.41) is -0.938. The molecule has 4 rings (SSSR count). The van der Waals surface area contributed by atoms with Crippen LogP contribution in [0, 0.1) is 0 Å². The lowest BCUT2D eigenvalue weighted by molar-refractivity contribution is -0.141. The lowest BCUT2D eigenvalue weighted by Gasteiger charge is -2.12. The van der Waals surface area contributed by atoms with Gasteiger partial charge in [0.15, 0.2) is 0 Å². The molecule has 0 radical (unpaired) electrons. The highest BCUT2D eigenvalue weighted by molar-refractivity contribution is 7.90. The van der Waals surface area contributed by atoms with E-state index < -0.39 is 26.9 Å². The quantitative estimate of drug-likeness (QED) is 0.391. The molecule has 0 amide bonds. The number of aromatic nitrogens is 3. The van der Waals surface area contributed by atoms with Crippen molar-refractivity contribution in [3.8, 4) is 22.4 Å². The van der Waals surface area contributed by atoms with E-state index in [1.807, 2.05) is 54.6 Å². The number of hydrogen-bond acceptors (Lipinski definition) is 5. The van der Waals surface area contributed by atoms with Crippen LogP contribution in [0.15, 0.2) is 88.9 Å². The second kappa shape index (κ2) is 8.86. The molecule has 0 aliphatic heterocycles. The SMILES string of the molecule is CS(=O)(=O)c1nc(-c2ccc(=O)n(Cc3ccc(-c4ccccc4)cc3)c2)cc(C(F)(F)F)n1. The largest absolute Gasteiger partial charge is 0.433 e. The maximum Gasteiger partial charge on any atom is 0.433 e. The van der Waals surface area contributed by atoms with Crippen LogP contribution in [0.25, 0.3) is 22.4 Å². The zero-order chi connectivity index (χ0) is 24.5. The number of pyridine rings is 1. The lowest BCUT2D eigenvalue weighted by atomic mass is 10.0. The Bertz CT molecular complexity index is 1500. The van der Waals surface area contributed by atoms with Crippen molar-refractivity contribution in [1.29, 1.82) is 0 Å². The molecule has 2 heterocycles. The van der Waals surface area contributed by atoms with Crippen molar-refractivity contribution in [2.45, 2.75) is 17.9 Å². The minimum Gasteiger partial charge on any atom is -0.310 e. The number of rotatable bonds is 5. The number of hydrogen-bond donors (Lipinski definition) is 0. The average molecular weight is 485 g/mol. The van der Waals surface area contributed by atoms with E-state index >= 15 is 0 Å². The molecule has 6 nitrogen and oxygen atoms in total. The van der Waals surface area contributed by atoms with Gasteiger partial charge < -0.3 is 4.57 Å². The average Bonchev–Trinajstić information content (AvgIpc) is 2.80. The molecule has 0 aliphatic carbocycles. The van der Waals surface area contributed by atoms with E-state index in [0.29, 0.717) is 6.07 Å². The minimum absolute atomic E-state index is 0.151. The van der Waals surface area contributed by atoms with Crippen molar-refractivity contribution in [3.63, 3.8) is 0 Å². The summed E-state index contributed by atoms with van der Waals surface area (Å²) in [6.45, 7) is 0.165. The number of benzene rings is 2. The van der Waals surface area contributed by atoms with E-state index in [9.17, 15) is 26.4 Å². The van der Waals surface area contributed by atoms with Gasteiger partial charge in [-0.3, -0.25) is 4.79 Å². The Morgan fingerprint density at radius 3 is 2.09 bits per heavy atom. The number of nitrogens with zero attached hydrogens (tertiary/aromatic N) is 3. The molecule has 4 aromatic rings. The summed E-state index contributed by atoms with van der Waals surface area (Å²) in [6, 6.07) is 20.4. The summed E-state index contributed by atoms with van der Waals surface area (Å²) in [7, 11) is -4.10. The van der Waals surface area contributed by atoms with Crippen LogP contribution in [0.2, 0.25) is 0 Å². The first kappa shape index (κ1) is 23.4. The summed E-state index contributed by atoms with van der Waals surface area (Å²) in [5.41, 5.74) is 0.985. The zero-order valence-corrected chi connectivity index (χ0v) is 18.6. The lowest BCUT2D eigenvalue weighted by Crippen LogP contribution is -2.19. The molecule has 2 aromatic carbocycles. The van der Waals surface area contributed by atoms with E-state index in [4.69, 9.17) is 0 Å². The van der Waals surface area contributed by atoms with Crippen molar-refractivity contribution in [2.24, 2.45) is 0 Å². The minimum atomic E-state index is -4.87. The molecule has 2 aromatic heterocycles. The third kappa shape index (κ3) is 5.23. The third-order valence-electron chi connectivity index (χ3n) is 5.02. The van der Waals surface area contributed by atoms with Gasteiger partial charge in [0.2, 0.25) is 15.0 Å². The van der Waals surface area contributed by atoms with Crippen LogP contribution in [-0.2, 0) is 22.6 Å². The highest BCUT2D eigenvalue weighted by Crippen LogP contribution is 2.31. The van der Waals surface area contributed by atoms with Crippen LogP contribution >= 0.6 is 0 Å². The van der Waals surface area contributed by atoms with Gasteiger partial charge in [-0.05, 0) is 28.8 Å². The van der Waals surface area contributed by atoms with Gasteiger partial charge in [-0.2, -0.15) is 13.2 Å². The topological polar surface area (TPSA) is 81.9 Å². The molecule has 0 N–H and O–H groups in total. The standard InChI is InChI=1S/C24H18F3N3O3S/c1-34(32,33)23-28-20(13-21(29-23)24(25,26)27)19-11-12-22(31)30(15-19)14-16-7-9-18(10-8-16)17-5-3-2-4-6-17/h2-13,15H,14H2,1H3. The zero-order valence-electron chi connectivity index (χ0n) is 17.8. The van der Waals surface area contributed by atoms with E-state index in [2.05, 4.69) is 9.97 Å². The molecule has 0 unspecified atom stereocenters. The molecule has 0 atom stereocenters. The fourth-order valence-corrected chi connectivity index (χ4v) is 3.85. The summed E-state index contributed by atoms with van der Waals surface area (Å²) in [4.78, 5) is 19.3. The smallest absolute Gasteiger partial charge is 0.310 e. The molecular weight excluding hydrogens is 467 g/mol. The van der Waals surface area contributed by atoms with Crippen LogP contribution in [0.1, 0.15) is 11.3 Å². The Morgan fingerprint density at radius 1 is 0.853 bits per heavy atom. The number of sulfone groups is 1. The number of alkyl halides is 3. The van der Waals surface area contributed by atoms with Crippen molar-refractivity contribution >= 4 is 9.84 Å². The molecule has 0 saturated heterocycles. The maximum absolute atomic E-state index is 13.3. The highest BCUT2D eigenvalue weighted by atomic mass is 32.2. The van der Waals surface area contributed by atoms with Gasteiger partial charge in [-0.1, -0.05) is 54.6 Å². The van der Waals surface area contributed by atoms with Crippen molar-refractivity contribution in [2.75, 3.05) is 6.26 Å². The molecule has 0 bridgehead atoms. The Labute approximate surface area is 193 Å². The summed E-state index contributed by atoms with van der Waals surface area (Å²) >= 11 is 0. The second-order valence-corrected chi connectivity index (χ2v) is 9.55. The van der Waals surface area contributed by atoms with Crippen LogP contribution in [0.3, 0.4) is 0 Å². The van der Waals surface area contributed by atoms with Gasteiger partial charge in [0.25, 0.3) is 5.56 Å². The molecular formula is C24H18F3N3O3S. The van der Waals surface area contributed by atoms with Crippen LogP contribution < -0.4 is 5.56 Å². The van der Waals surface area contributed by atoms with Crippen molar-refractivity contribution < 1.29 is 21.6 Å². The summed E-state index contributed by atoms with van der Waals surface area (Å²) < 4.78 is 64.9. The first-order valence-electron chi connectivity index (χ1n) is 10.0. The van der Waals surface area contributed by atoms with Crippen LogP contribution in [0.5, 0.6) is 0 Å².